The summed E-state index contributed by atoms with van der Waals surface area (Å²) in [6.07, 6.45) is 1.35. The molecule has 0 aromatic heterocycles. The highest BCUT2D eigenvalue weighted by Gasteiger charge is 2.35. The monoisotopic (exact) mass is 236 g/mol. The Morgan fingerprint density at radius 1 is 1.31 bits per heavy atom. The average molecular weight is 236 g/mol. The number of hydrogen-bond acceptors (Lipinski definition) is 2. The van der Waals surface area contributed by atoms with Crippen molar-refractivity contribution < 1.29 is 9.00 Å². The van der Waals surface area contributed by atoms with Crippen LogP contribution in [0, 0.1) is 12.8 Å². The molecule has 1 aromatic rings. The van der Waals surface area contributed by atoms with Gasteiger partial charge in [-0.3, -0.25) is 9.00 Å². The smallest absolute Gasteiger partial charge is 0.136 e. The summed E-state index contributed by atoms with van der Waals surface area (Å²) in [5.74, 6) is 0.201. The molecule has 0 bridgehead atoms. The molecule has 2 nitrogen and oxygen atoms in total. The lowest BCUT2D eigenvalue weighted by Gasteiger charge is -2.15. The van der Waals surface area contributed by atoms with Gasteiger partial charge in [0.25, 0.3) is 0 Å². The summed E-state index contributed by atoms with van der Waals surface area (Å²) in [7, 11) is -1.04. The third-order valence-corrected chi connectivity index (χ3v) is 5.41. The summed E-state index contributed by atoms with van der Waals surface area (Å²) >= 11 is 0. The molecule has 1 fully saturated rings. The molecule has 0 spiro atoms. The van der Waals surface area contributed by atoms with Gasteiger partial charge in [0.1, 0.15) is 5.78 Å². The van der Waals surface area contributed by atoms with Gasteiger partial charge in [0, 0.05) is 22.5 Å². The normalized spacial score (nSPS) is 27.0. The van der Waals surface area contributed by atoms with Gasteiger partial charge in [-0.15, -0.1) is 0 Å². The fourth-order valence-electron chi connectivity index (χ4n) is 2.21. The Balaban J connectivity index is 2.27. The summed E-state index contributed by atoms with van der Waals surface area (Å²) in [6, 6.07) is 7.72. The van der Waals surface area contributed by atoms with Crippen LogP contribution >= 0.6 is 0 Å². The van der Waals surface area contributed by atoms with E-state index in [0.717, 1.165) is 16.9 Å². The van der Waals surface area contributed by atoms with E-state index in [1.54, 1.807) is 0 Å². The zero-order chi connectivity index (χ0) is 11.7. The highest BCUT2D eigenvalue weighted by atomic mass is 32.2. The van der Waals surface area contributed by atoms with Crippen LogP contribution in [-0.2, 0) is 15.6 Å². The SMILES string of the molecule is Cc1ccccc1S(=O)C1CCC(=O)C1C. The molecule has 86 valence electrons. The van der Waals surface area contributed by atoms with Gasteiger partial charge >= 0.3 is 0 Å². The Hall–Kier alpha value is -0.960. The maximum atomic E-state index is 12.4. The van der Waals surface area contributed by atoms with Gasteiger partial charge in [0.2, 0.25) is 0 Å². The number of benzene rings is 1. The summed E-state index contributed by atoms with van der Waals surface area (Å²) in [6.45, 7) is 3.87. The molecule has 2 rings (SSSR count). The lowest BCUT2D eigenvalue weighted by molar-refractivity contribution is -0.120. The van der Waals surface area contributed by atoms with Gasteiger partial charge in [-0.2, -0.15) is 0 Å². The van der Waals surface area contributed by atoms with Crippen LogP contribution in [0.5, 0.6) is 0 Å². The number of Topliss-reactive ketones (excluding diaryl/α,β-unsaturated/α-hetero) is 1. The number of ketones is 1. The van der Waals surface area contributed by atoms with E-state index in [0.29, 0.717) is 6.42 Å². The molecular formula is C13H16O2S. The summed E-state index contributed by atoms with van der Waals surface area (Å²) in [4.78, 5) is 12.4. The molecule has 1 aromatic carbocycles. The Kier molecular flexibility index (Phi) is 3.24. The van der Waals surface area contributed by atoms with E-state index in [2.05, 4.69) is 0 Å². The van der Waals surface area contributed by atoms with Crippen molar-refractivity contribution in [3.05, 3.63) is 29.8 Å². The molecule has 1 saturated carbocycles. The van der Waals surface area contributed by atoms with Crippen molar-refractivity contribution in [2.75, 3.05) is 0 Å². The predicted molar refractivity (Wildman–Crippen MR) is 64.8 cm³/mol. The van der Waals surface area contributed by atoms with Gasteiger partial charge in [0.05, 0.1) is 10.8 Å². The topological polar surface area (TPSA) is 34.1 Å². The van der Waals surface area contributed by atoms with Crippen LogP contribution in [0.25, 0.3) is 0 Å². The van der Waals surface area contributed by atoms with E-state index in [4.69, 9.17) is 0 Å². The molecule has 1 aliphatic carbocycles. The molecule has 0 heterocycles. The molecule has 0 aliphatic heterocycles. The van der Waals surface area contributed by atoms with Gasteiger partial charge in [0.15, 0.2) is 0 Å². The van der Waals surface area contributed by atoms with Crippen molar-refractivity contribution in [2.45, 2.75) is 36.8 Å². The average Bonchev–Trinajstić information content (AvgIpc) is 2.60. The molecule has 0 amide bonds. The standard InChI is InChI=1S/C13H16O2S/c1-9-5-3-4-6-12(9)16(15)13-8-7-11(14)10(13)2/h3-6,10,13H,7-8H2,1-2H3. The first-order valence-electron chi connectivity index (χ1n) is 5.60. The second-order valence-corrected chi connectivity index (χ2v) is 6.04. The second-order valence-electron chi connectivity index (χ2n) is 4.40. The molecule has 0 N–H and O–H groups in total. The van der Waals surface area contributed by atoms with Crippen molar-refractivity contribution in [3.8, 4) is 0 Å². The third-order valence-electron chi connectivity index (χ3n) is 3.33. The third kappa shape index (κ3) is 1.96. The molecule has 0 radical (unpaired) electrons. The van der Waals surface area contributed by atoms with E-state index in [1.807, 2.05) is 38.1 Å². The molecular weight excluding hydrogens is 220 g/mol. The second kappa shape index (κ2) is 4.50. The lowest BCUT2D eigenvalue weighted by atomic mass is 10.1. The van der Waals surface area contributed by atoms with E-state index in [9.17, 15) is 9.00 Å². The van der Waals surface area contributed by atoms with Crippen LogP contribution in [0.1, 0.15) is 25.3 Å². The minimum atomic E-state index is -1.04. The number of aryl methyl sites for hydroxylation is 1. The molecule has 1 aliphatic rings. The van der Waals surface area contributed by atoms with Crippen LogP contribution in [0.15, 0.2) is 29.2 Å². The Morgan fingerprint density at radius 3 is 2.56 bits per heavy atom. The quantitative estimate of drug-likeness (QED) is 0.790. The van der Waals surface area contributed by atoms with E-state index >= 15 is 0 Å². The van der Waals surface area contributed by atoms with Crippen molar-refractivity contribution in [3.63, 3.8) is 0 Å². The zero-order valence-corrected chi connectivity index (χ0v) is 10.4. The number of hydrogen-bond donors (Lipinski definition) is 0. The van der Waals surface area contributed by atoms with Gasteiger partial charge in [-0.1, -0.05) is 25.1 Å². The molecule has 3 heteroatoms. The van der Waals surface area contributed by atoms with Crippen molar-refractivity contribution in [2.24, 2.45) is 5.92 Å². The first-order chi connectivity index (χ1) is 7.61. The van der Waals surface area contributed by atoms with Crippen molar-refractivity contribution in [1.82, 2.24) is 0 Å². The fraction of sp³-hybridized carbons (Fsp3) is 0.462. The molecule has 3 atom stereocenters. The van der Waals surface area contributed by atoms with Gasteiger partial charge < -0.3 is 0 Å². The highest BCUT2D eigenvalue weighted by Crippen LogP contribution is 2.30. The van der Waals surface area contributed by atoms with E-state index < -0.39 is 10.8 Å². The first kappa shape index (κ1) is 11.5. The van der Waals surface area contributed by atoms with Crippen LogP contribution in [-0.4, -0.2) is 15.2 Å². The summed E-state index contributed by atoms with van der Waals surface area (Å²) in [5, 5.41) is 0.00796. The van der Waals surface area contributed by atoms with Crippen LogP contribution in [0.2, 0.25) is 0 Å². The molecule has 16 heavy (non-hydrogen) atoms. The number of carbonyl (C=O) groups excluding carboxylic acids is 1. The van der Waals surface area contributed by atoms with Crippen molar-refractivity contribution in [1.29, 1.82) is 0 Å². The Labute approximate surface area is 98.5 Å². The summed E-state index contributed by atoms with van der Waals surface area (Å²) in [5.41, 5.74) is 1.05. The first-order valence-corrected chi connectivity index (χ1v) is 6.81. The number of rotatable bonds is 2. The van der Waals surface area contributed by atoms with Gasteiger partial charge in [-0.25, -0.2) is 0 Å². The maximum Gasteiger partial charge on any atom is 0.136 e. The largest absolute Gasteiger partial charge is 0.299 e. The van der Waals surface area contributed by atoms with Crippen LogP contribution < -0.4 is 0 Å². The molecule has 0 saturated heterocycles. The molecule has 3 unspecified atom stereocenters. The lowest BCUT2D eigenvalue weighted by Crippen LogP contribution is -2.21. The van der Waals surface area contributed by atoms with Gasteiger partial charge in [-0.05, 0) is 25.0 Å². The summed E-state index contributed by atoms with van der Waals surface area (Å²) < 4.78 is 12.4. The van der Waals surface area contributed by atoms with E-state index in [-0.39, 0.29) is 17.0 Å². The minimum Gasteiger partial charge on any atom is -0.299 e. The maximum absolute atomic E-state index is 12.4. The Bertz CT molecular complexity index is 439. The number of carbonyl (C=O) groups is 1. The van der Waals surface area contributed by atoms with E-state index in [1.165, 1.54) is 0 Å². The van der Waals surface area contributed by atoms with Crippen molar-refractivity contribution >= 4 is 16.6 Å². The Morgan fingerprint density at radius 2 is 2.00 bits per heavy atom. The highest BCUT2D eigenvalue weighted by molar-refractivity contribution is 7.85. The van der Waals surface area contributed by atoms with Crippen LogP contribution in [0.4, 0.5) is 0 Å². The zero-order valence-electron chi connectivity index (χ0n) is 9.60. The fourth-order valence-corrected chi connectivity index (χ4v) is 3.99. The minimum absolute atomic E-state index is 0.00796. The van der Waals surface area contributed by atoms with Crippen LogP contribution in [0.3, 0.4) is 0 Å². The predicted octanol–water partition coefficient (Wildman–Crippen LogP) is 2.47.